The van der Waals surface area contributed by atoms with E-state index in [9.17, 15) is 8.42 Å². The number of aromatic nitrogens is 3. The van der Waals surface area contributed by atoms with Gasteiger partial charge in [0.25, 0.3) is 0 Å². The molecule has 0 bridgehead atoms. The Morgan fingerprint density at radius 2 is 1.80 bits per heavy atom. The van der Waals surface area contributed by atoms with Gasteiger partial charge in [-0.25, -0.2) is 8.42 Å². The minimum absolute atomic E-state index is 0.181. The lowest BCUT2D eigenvalue weighted by Gasteiger charge is -2.23. The number of nitrogens with zero attached hydrogens (tertiary/aromatic N) is 3. The van der Waals surface area contributed by atoms with Crippen LogP contribution in [-0.4, -0.2) is 34.2 Å². The molecule has 0 saturated heterocycles. The smallest absolute Gasteiger partial charge is 0.225 e. The molecule has 1 aromatic carbocycles. The first-order valence-corrected chi connectivity index (χ1v) is 8.33. The van der Waals surface area contributed by atoms with E-state index < -0.39 is 14.6 Å². The summed E-state index contributed by atoms with van der Waals surface area (Å²) in [6.07, 6.45) is 1.22. The molecule has 0 amide bonds. The highest BCUT2D eigenvalue weighted by atomic mass is 35.5. The lowest BCUT2D eigenvalue weighted by molar-refractivity contribution is 0.504. The van der Waals surface area contributed by atoms with E-state index in [0.717, 1.165) is 5.56 Å². The average Bonchev–Trinajstić information content (AvgIpc) is 2.70. The first kappa shape index (κ1) is 15.0. The van der Waals surface area contributed by atoms with Crippen molar-refractivity contribution in [2.24, 2.45) is 0 Å². The molecular weight excluding hydrogens is 298 g/mol. The van der Waals surface area contributed by atoms with Gasteiger partial charge in [-0.2, -0.15) is 0 Å². The van der Waals surface area contributed by atoms with Crippen LogP contribution in [0, 0.1) is 0 Å². The van der Waals surface area contributed by atoms with Crippen LogP contribution < -0.4 is 0 Å². The third kappa shape index (κ3) is 2.86. The third-order valence-corrected chi connectivity index (χ3v) is 5.70. The second-order valence-corrected chi connectivity index (χ2v) is 8.26. The number of rotatable bonds is 4. The van der Waals surface area contributed by atoms with E-state index in [1.165, 1.54) is 6.26 Å². The Hall–Kier alpha value is -1.40. The minimum atomic E-state index is -3.23. The molecule has 2 rings (SSSR count). The Balaban J connectivity index is 2.47. The van der Waals surface area contributed by atoms with Gasteiger partial charge in [0.15, 0.2) is 15.7 Å². The zero-order valence-corrected chi connectivity index (χ0v) is 13.1. The number of sulfone groups is 1. The molecule has 0 aliphatic heterocycles. The van der Waals surface area contributed by atoms with Gasteiger partial charge in [-0.05, 0) is 25.4 Å². The molecule has 0 radical (unpaired) electrons. The molecule has 2 aromatic rings. The van der Waals surface area contributed by atoms with Crippen molar-refractivity contribution < 1.29 is 8.42 Å². The molecule has 0 N–H and O–H groups in total. The van der Waals surface area contributed by atoms with Gasteiger partial charge in [0.05, 0.1) is 4.75 Å². The molecule has 0 saturated carbocycles. The largest absolute Gasteiger partial charge is 0.296 e. The topological polar surface area (TPSA) is 64.8 Å². The zero-order valence-electron chi connectivity index (χ0n) is 11.5. The summed E-state index contributed by atoms with van der Waals surface area (Å²) in [5.41, 5.74) is 0.844. The Labute approximate surface area is 123 Å². The lowest BCUT2D eigenvalue weighted by Crippen LogP contribution is -2.36. The average molecular weight is 314 g/mol. The van der Waals surface area contributed by atoms with E-state index in [4.69, 9.17) is 11.6 Å². The van der Waals surface area contributed by atoms with Crippen molar-refractivity contribution >= 4 is 21.4 Å². The normalized spacial score (nSPS) is 12.6. The van der Waals surface area contributed by atoms with Gasteiger partial charge in [-0.15, -0.1) is 10.2 Å². The molecule has 0 aliphatic rings. The van der Waals surface area contributed by atoms with Crippen molar-refractivity contribution in [2.75, 3.05) is 6.26 Å². The van der Waals surface area contributed by atoms with Crippen molar-refractivity contribution in [3.05, 3.63) is 35.6 Å². The van der Waals surface area contributed by atoms with Crippen molar-refractivity contribution in [3.8, 4) is 11.4 Å². The maximum Gasteiger partial charge on any atom is 0.225 e. The number of halogens is 1. The number of hydrogen-bond donors (Lipinski definition) is 0. The molecule has 108 valence electrons. The van der Waals surface area contributed by atoms with Gasteiger partial charge < -0.3 is 0 Å². The summed E-state index contributed by atoms with van der Waals surface area (Å²) < 4.78 is 24.3. The van der Waals surface area contributed by atoms with Crippen LogP contribution in [-0.2, 0) is 16.4 Å². The molecule has 0 spiro atoms. The molecular formula is C13H16ClN3O2S. The SMILES string of the molecule is CC(C)(Cn1c(Cl)nnc1-c1ccccc1)S(C)(=O)=O. The van der Waals surface area contributed by atoms with Gasteiger partial charge in [0.1, 0.15) is 0 Å². The quantitative estimate of drug-likeness (QED) is 0.869. The fourth-order valence-corrected chi connectivity index (χ4v) is 2.26. The van der Waals surface area contributed by atoms with Crippen LogP contribution in [0.3, 0.4) is 0 Å². The highest BCUT2D eigenvalue weighted by Crippen LogP contribution is 2.25. The van der Waals surface area contributed by atoms with Crippen LogP contribution in [0.5, 0.6) is 0 Å². The van der Waals surface area contributed by atoms with E-state index in [2.05, 4.69) is 10.2 Å². The van der Waals surface area contributed by atoms with E-state index in [1.807, 2.05) is 30.3 Å². The summed E-state index contributed by atoms with van der Waals surface area (Å²) >= 11 is 6.05. The molecule has 0 fully saturated rings. The predicted molar refractivity (Wildman–Crippen MR) is 79.4 cm³/mol. The van der Waals surface area contributed by atoms with Gasteiger partial charge in [0.2, 0.25) is 5.28 Å². The van der Waals surface area contributed by atoms with Gasteiger partial charge in [0, 0.05) is 18.4 Å². The fourth-order valence-electron chi connectivity index (χ4n) is 1.72. The standard InChI is InChI=1S/C13H16ClN3O2S/c1-13(2,20(3,18)19)9-17-11(15-16-12(17)14)10-7-5-4-6-8-10/h4-8H,9H2,1-3H3. The second-order valence-electron chi connectivity index (χ2n) is 5.28. The van der Waals surface area contributed by atoms with E-state index >= 15 is 0 Å². The summed E-state index contributed by atoms with van der Waals surface area (Å²) in [6, 6.07) is 9.41. The lowest BCUT2D eigenvalue weighted by atomic mass is 10.2. The van der Waals surface area contributed by atoms with Crippen LogP contribution in [0.2, 0.25) is 5.28 Å². The molecule has 1 heterocycles. The highest BCUT2D eigenvalue weighted by molar-refractivity contribution is 7.92. The zero-order chi connectivity index (χ0) is 15.0. The summed E-state index contributed by atoms with van der Waals surface area (Å²) in [6.45, 7) is 3.52. The third-order valence-electron chi connectivity index (χ3n) is 3.28. The Morgan fingerprint density at radius 1 is 1.20 bits per heavy atom. The summed E-state index contributed by atoms with van der Waals surface area (Å²) in [5.74, 6) is 0.562. The molecule has 7 heteroatoms. The Kier molecular flexibility index (Phi) is 3.88. The maximum absolute atomic E-state index is 11.8. The predicted octanol–water partition coefficient (Wildman–Crippen LogP) is 2.42. The van der Waals surface area contributed by atoms with Gasteiger partial charge >= 0.3 is 0 Å². The van der Waals surface area contributed by atoms with Gasteiger partial charge in [-0.1, -0.05) is 30.3 Å². The molecule has 0 unspecified atom stereocenters. The molecule has 0 aliphatic carbocycles. The van der Waals surface area contributed by atoms with Crippen LogP contribution in [0.15, 0.2) is 30.3 Å². The molecule has 0 atom stereocenters. The Morgan fingerprint density at radius 3 is 2.35 bits per heavy atom. The maximum atomic E-state index is 11.8. The number of hydrogen-bond acceptors (Lipinski definition) is 4. The molecule has 5 nitrogen and oxygen atoms in total. The van der Waals surface area contributed by atoms with Crippen LogP contribution in [0.4, 0.5) is 0 Å². The van der Waals surface area contributed by atoms with Crippen LogP contribution in [0.1, 0.15) is 13.8 Å². The summed E-state index contributed by atoms with van der Waals surface area (Å²) in [5, 5.41) is 8.06. The van der Waals surface area contributed by atoms with Crippen molar-refractivity contribution in [2.45, 2.75) is 25.1 Å². The van der Waals surface area contributed by atoms with E-state index in [1.54, 1.807) is 18.4 Å². The van der Waals surface area contributed by atoms with Crippen molar-refractivity contribution in [1.82, 2.24) is 14.8 Å². The number of benzene rings is 1. The second kappa shape index (κ2) is 5.18. The summed E-state index contributed by atoms with van der Waals surface area (Å²) in [4.78, 5) is 0. The van der Waals surface area contributed by atoms with Gasteiger partial charge in [-0.3, -0.25) is 4.57 Å². The minimum Gasteiger partial charge on any atom is -0.296 e. The molecule has 20 heavy (non-hydrogen) atoms. The Bertz CT molecular complexity index is 708. The first-order valence-electron chi connectivity index (χ1n) is 6.06. The summed E-state index contributed by atoms with van der Waals surface area (Å²) in [7, 11) is -3.23. The van der Waals surface area contributed by atoms with Crippen molar-refractivity contribution in [1.29, 1.82) is 0 Å². The van der Waals surface area contributed by atoms with Crippen LogP contribution in [0.25, 0.3) is 11.4 Å². The van der Waals surface area contributed by atoms with E-state index in [0.29, 0.717) is 5.82 Å². The van der Waals surface area contributed by atoms with Crippen LogP contribution >= 0.6 is 11.6 Å². The fraction of sp³-hybridized carbons (Fsp3) is 0.385. The molecule has 1 aromatic heterocycles. The van der Waals surface area contributed by atoms with Crippen molar-refractivity contribution in [3.63, 3.8) is 0 Å². The van der Waals surface area contributed by atoms with E-state index in [-0.39, 0.29) is 11.8 Å². The highest BCUT2D eigenvalue weighted by Gasteiger charge is 2.32. The first-order chi connectivity index (χ1) is 9.22. The monoisotopic (exact) mass is 313 g/mol.